The third-order valence-corrected chi connectivity index (χ3v) is 6.10. The molecule has 3 aromatic rings. The first-order valence-corrected chi connectivity index (χ1v) is 10.3. The number of carboxylic acids is 1. The normalized spacial score (nSPS) is 19.1. The van der Waals surface area contributed by atoms with Crippen LogP contribution in [0.4, 0.5) is 0 Å². The maximum atomic E-state index is 13.4. The van der Waals surface area contributed by atoms with E-state index in [-0.39, 0.29) is 11.3 Å². The van der Waals surface area contributed by atoms with Crippen molar-refractivity contribution < 1.29 is 28.6 Å². The number of aliphatic imine (C=N–C) groups is 1. The van der Waals surface area contributed by atoms with Crippen molar-refractivity contribution in [1.82, 2.24) is 0 Å². The van der Waals surface area contributed by atoms with E-state index in [9.17, 15) is 19.5 Å². The number of furan rings is 1. The number of carbonyl (C=O) groups excluding carboxylic acids is 3. The first-order chi connectivity index (χ1) is 15.9. The molecule has 7 heteroatoms. The number of hydrogen-bond acceptors (Lipinski definition) is 7. The summed E-state index contributed by atoms with van der Waals surface area (Å²) >= 11 is 0. The van der Waals surface area contributed by atoms with E-state index in [1.54, 1.807) is 43.3 Å². The van der Waals surface area contributed by atoms with Crippen LogP contribution in [-0.2, 0) is 9.53 Å². The standard InChI is InChI=1S/C26H19NO6/c1-13-20(26(31)32-2)21(22-23(27-13)16-5-3-4-6-17(16)24(22)28)19-12-11-18(33-19)14-7-9-15(10-8-14)25(29)30/h3-12,20-21H,1-2H3,(H,29,30)/p-1/t20?,21-/m0/s1. The van der Waals surface area contributed by atoms with Crippen molar-refractivity contribution in [2.24, 2.45) is 10.9 Å². The van der Waals surface area contributed by atoms with Crippen molar-refractivity contribution >= 4 is 29.1 Å². The molecule has 2 atom stereocenters. The summed E-state index contributed by atoms with van der Waals surface area (Å²) in [7, 11) is 1.30. The third-order valence-electron chi connectivity index (χ3n) is 6.10. The smallest absolute Gasteiger partial charge is 0.315 e. The fraction of sp³-hybridized carbons (Fsp3) is 0.154. The predicted octanol–water partition coefficient (Wildman–Crippen LogP) is 3.27. The number of hydrogen-bond donors (Lipinski definition) is 0. The first kappa shape index (κ1) is 20.6. The van der Waals surface area contributed by atoms with E-state index in [4.69, 9.17) is 9.15 Å². The van der Waals surface area contributed by atoms with Gasteiger partial charge in [0.1, 0.15) is 17.4 Å². The van der Waals surface area contributed by atoms with Crippen molar-refractivity contribution in [2.75, 3.05) is 7.11 Å². The summed E-state index contributed by atoms with van der Waals surface area (Å²) in [5, 5.41) is 11.0. The Balaban J connectivity index is 1.62. The molecule has 1 unspecified atom stereocenters. The Kier molecular flexibility index (Phi) is 4.82. The summed E-state index contributed by atoms with van der Waals surface area (Å²) < 4.78 is 11.2. The summed E-state index contributed by atoms with van der Waals surface area (Å²) in [6, 6.07) is 16.8. The van der Waals surface area contributed by atoms with E-state index in [2.05, 4.69) is 4.99 Å². The number of benzene rings is 2. The first-order valence-electron chi connectivity index (χ1n) is 10.3. The molecule has 0 fully saturated rings. The Morgan fingerprint density at radius 1 is 1.00 bits per heavy atom. The second-order valence-electron chi connectivity index (χ2n) is 7.94. The summed E-state index contributed by atoms with van der Waals surface area (Å²) in [6.07, 6.45) is 0. The molecule has 1 aliphatic carbocycles. The van der Waals surface area contributed by atoms with Crippen LogP contribution in [0.5, 0.6) is 0 Å². The topological polar surface area (TPSA) is 109 Å². The van der Waals surface area contributed by atoms with Gasteiger partial charge in [0.05, 0.1) is 24.7 Å². The fourth-order valence-corrected chi connectivity index (χ4v) is 4.53. The molecule has 1 aromatic heterocycles. The average Bonchev–Trinajstić information content (AvgIpc) is 3.42. The van der Waals surface area contributed by atoms with Gasteiger partial charge >= 0.3 is 5.97 Å². The number of esters is 1. The molecule has 0 N–H and O–H groups in total. The fourth-order valence-electron chi connectivity index (χ4n) is 4.53. The van der Waals surface area contributed by atoms with Crippen LogP contribution in [0.15, 0.2) is 75.6 Å². The highest BCUT2D eigenvalue weighted by Crippen LogP contribution is 2.48. The maximum absolute atomic E-state index is 13.4. The Bertz CT molecular complexity index is 1380. The van der Waals surface area contributed by atoms with Crippen molar-refractivity contribution in [1.29, 1.82) is 0 Å². The molecule has 5 rings (SSSR count). The van der Waals surface area contributed by atoms with Gasteiger partial charge in [-0.1, -0.05) is 48.5 Å². The summed E-state index contributed by atoms with van der Waals surface area (Å²) in [6.45, 7) is 1.74. The molecule has 164 valence electrons. The Hall–Kier alpha value is -4.26. The summed E-state index contributed by atoms with van der Waals surface area (Å²) in [5.74, 6) is -2.58. The summed E-state index contributed by atoms with van der Waals surface area (Å²) in [4.78, 5) is 41.8. The van der Waals surface area contributed by atoms with E-state index in [1.807, 2.05) is 12.1 Å². The number of rotatable bonds is 4. The van der Waals surface area contributed by atoms with Crippen molar-refractivity contribution in [3.63, 3.8) is 0 Å². The van der Waals surface area contributed by atoms with Gasteiger partial charge in [-0.2, -0.15) is 0 Å². The maximum Gasteiger partial charge on any atom is 0.315 e. The van der Waals surface area contributed by atoms with Crippen molar-refractivity contribution in [2.45, 2.75) is 12.8 Å². The van der Waals surface area contributed by atoms with Crippen molar-refractivity contribution in [3.8, 4) is 11.3 Å². The zero-order chi connectivity index (χ0) is 23.3. The van der Waals surface area contributed by atoms with Gasteiger partial charge in [-0.3, -0.25) is 14.6 Å². The number of allylic oxidation sites excluding steroid dienone is 1. The van der Waals surface area contributed by atoms with Crippen LogP contribution in [0, 0.1) is 5.92 Å². The number of fused-ring (bicyclic) bond motifs is 2. The van der Waals surface area contributed by atoms with Gasteiger partial charge in [-0.15, -0.1) is 0 Å². The van der Waals surface area contributed by atoms with Gasteiger partial charge in [0, 0.05) is 28.0 Å². The molecule has 0 spiro atoms. The molecule has 0 bridgehead atoms. The summed E-state index contributed by atoms with van der Waals surface area (Å²) in [5.41, 5.74) is 3.47. The van der Waals surface area contributed by atoms with Crippen LogP contribution >= 0.6 is 0 Å². The van der Waals surface area contributed by atoms with E-state index < -0.39 is 23.8 Å². The third kappa shape index (κ3) is 3.20. The molecule has 7 nitrogen and oxygen atoms in total. The Morgan fingerprint density at radius 2 is 1.70 bits per heavy atom. The number of carboxylic acid groups (broad SMARTS) is 1. The largest absolute Gasteiger partial charge is 0.545 e. The molecule has 0 amide bonds. The van der Waals surface area contributed by atoms with Gasteiger partial charge < -0.3 is 19.1 Å². The van der Waals surface area contributed by atoms with Gasteiger partial charge in [-0.05, 0) is 24.6 Å². The molecule has 1 aliphatic heterocycles. The minimum absolute atomic E-state index is 0.0551. The lowest BCUT2D eigenvalue weighted by Crippen LogP contribution is -2.34. The second-order valence-corrected chi connectivity index (χ2v) is 7.94. The molecular weight excluding hydrogens is 422 g/mol. The van der Waals surface area contributed by atoms with Gasteiger partial charge in [-0.25, -0.2) is 0 Å². The molecule has 2 aromatic carbocycles. The monoisotopic (exact) mass is 440 g/mol. The lowest BCUT2D eigenvalue weighted by Gasteiger charge is -2.28. The molecule has 0 radical (unpaired) electrons. The van der Waals surface area contributed by atoms with Crippen LogP contribution < -0.4 is 5.11 Å². The van der Waals surface area contributed by atoms with Gasteiger partial charge in [0.25, 0.3) is 0 Å². The molecular formula is C26H18NO6-. The van der Waals surface area contributed by atoms with Crippen LogP contribution in [0.1, 0.15) is 44.9 Å². The quantitative estimate of drug-likeness (QED) is 0.576. The van der Waals surface area contributed by atoms with Crippen LogP contribution in [0.2, 0.25) is 0 Å². The van der Waals surface area contributed by atoms with Crippen LogP contribution in [0.25, 0.3) is 17.0 Å². The number of Topliss-reactive ketones (excluding diaryl/α,β-unsaturated/α-hetero) is 1. The van der Waals surface area contributed by atoms with E-state index in [1.165, 1.54) is 19.2 Å². The predicted molar refractivity (Wildman–Crippen MR) is 118 cm³/mol. The number of aromatic carboxylic acids is 1. The van der Waals surface area contributed by atoms with Crippen molar-refractivity contribution in [3.05, 3.63) is 88.7 Å². The highest BCUT2D eigenvalue weighted by atomic mass is 16.5. The van der Waals surface area contributed by atoms with E-state index >= 15 is 0 Å². The molecule has 0 saturated heterocycles. The molecule has 2 aliphatic rings. The highest BCUT2D eigenvalue weighted by Gasteiger charge is 2.47. The number of nitrogens with zero attached hydrogens (tertiary/aromatic N) is 1. The zero-order valence-corrected chi connectivity index (χ0v) is 17.8. The van der Waals surface area contributed by atoms with Crippen LogP contribution in [-0.4, -0.2) is 30.5 Å². The number of methoxy groups -OCH3 is 1. The van der Waals surface area contributed by atoms with Gasteiger partial charge in [0.2, 0.25) is 0 Å². The second kappa shape index (κ2) is 7.70. The zero-order valence-electron chi connectivity index (χ0n) is 17.8. The molecule has 0 saturated carbocycles. The number of carbonyl (C=O) groups is 3. The number of ether oxygens (including phenoxy) is 1. The molecule has 33 heavy (non-hydrogen) atoms. The van der Waals surface area contributed by atoms with E-state index in [0.717, 1.165) is 5.56 Å². The number of ketones is 1. The highest BCUT2D eigenvalue weighted by molar-refractivity contribution is 6.24. The Labute approximate surface area is 189 Å². The average molecular weight is 440 g/mol. The SMILES string of the molecule is COC(=O)C1C(C)=NC2=C(C(=O)c3ccccc32)[C@H]1c1ccc(-c2ccc(C(=O)[O-])cc2)o1. The Morgan fingerprint density at radius 3 is 2.36 bits per heavy atom. The molecule has 2 heterocycles. The lowest BCUT2D eigenvalue weighted by atomic mass is 9.78. The lowest BCUT2D eigenvalue weighted by molar-refractivity contribution is -0.255. The minimum Gasteiger partial charge on any atom is -0.545 e. The van der Waals surface area contributed by atoms with Gasteiger partial charge in [0.15, 0.2) is 5.78 Å². The van der Waals surface area contributed by atoms with E-state index in [0.29, 0.717) is 39.6 Å². The van der Waals surface area contributed by atoms with Crippen LogP contribution in [0.3, 0.4) is 0 Å². The minimum atomic E-state index is -1.27.